The van der Waals surface area contributed by atoms with E-state index in [9.17, 15) is 10.1 Å². The number of halogens is 1. The number of benzene rings is 2. The predicted molar refractivity (Wildman–Crippen MR) is 115 cm³/mol. The normalized spacial score (nSPS) is 10.9. The topological polar surface area (TPSA) is 71.3 Å². The van der Waals surface area contributed by atoms with Crippen molar-refractivity contribution in [2.45, 2.75) is 20.8 Å². The molecule has 0 saturated carbocycles. The van der Waals surface area contributed by atoms with E-state index in [4.69, 9.17) is 9.47 Å². The van der Waals surface area contributed by atoms with Crippen LogP contribution >= 0.6 is 22.6 Å². The fourth-order valence-electron chi connectivity index (χ4n) is 2.57. The van der Waals surface area contributed by atoms with Gasteiger partial charge in [0.2, 0.25) is 0 Å². The quantitative estimate of drug-likeness (QED) is 0.367. The molecule has 2 aromatic carbocycles. The van der Waals surface area contributed by atoms with Gasteiger partial charge in [0, 0.05) is 5.69 Å². The van der Waals surface area contributed by atoms with Crippen LogP contribution in [-0.4, -0.2) is 19.6 Å². The molecule has 0 fully saturated rings. The number of aryl methyl sites for hydroxylation is 2. The van der Waals surface area contributed by atoms with Gasteiger partial charge in [-0.05, 0) is 78.8 Å². The molecule has 0 aliphatic heterocycles. The first kappa shape index (κ1) is 20.8. The van der Waals surface area contributed by atoms with Crippen molar-refractivity contribution in [1.82, 2.24) is 0 Å². The van der Waals surface area contributed by atoms with Gasteiger partial charge in [-0.15, -0.1) is 0 Å². The summed E-state index contributed by atoms with van der Waals surface area (Å²) in [6.45, 7) is 6.32. The zero-order valence-corrected chi connectivity index (χ0v) is 17.9. The Hall–Kier alpha value is -2.53. The Morgan fingerprint density at radius 2 is 2.04 bits per heavy atom. The molecular formula is C21H21IN2O3. The molecule has 0 atom stereocenters. The lowest BCUT2D eigenvalue weighted by Crippen LogP contribution is -2.14. The van der Waals surface area contributed by atoms with E-state index in [2.05, 4.69) is 27.9 Å². The highest BCUT2D eigenvalue weighted by atomic mass is 127. The number of hydrogen-bond donors (Lipinski definition) is 1. The van der Waals surface area contributed by atoms with Crippen LogP contribution in [0.4, 0.5) is 5.69 Å². The maximum atomic E-state index is 12.5. The minimum atomic E-state index is -0.452. The number of carbonyl (C=O) groups is 1. The Kier molecular flexibility index (Phi) is 7.25. The van der Waals surface area contributed by atoms with Crippen LogP contribution in [0.25, 0.3) is 6.08 Å². The molecule has 27 heavy (non-hydrogen) atoms. The summed E-state index contributed by atoms with van der Waals surface area (Å²) in [7, 11) is 1.56. The van der Waals surface area contributed by atoms with E-state index in [-0.39, 0.29) is 5.57 Å². The Labute approximate surface area is 173 Å². The minimum Gasteiger partial charge on any atom is -0.493 e. The number of carbonyl (C=O) groups excluding carboxylic acids is 1. The third-order valence-electron chi connectivity index (χ3n) is 3.85. The van der Waals surface area contributed by atoms with Crippen LogP contribution in [0.1, 0.15) is 23.6 Å². The Morgan fingerprint density at radius 3 is 2.63 bits per heavy atom. The number of hydrogen-bond acceptors (Lipinski definition) is 4. The Bertz CT molecular complexity index is 930. The van der Waals surface area contributed by atoms with Crippen LogP contribution in [0.2, 0.25) is 0 Å². The van der Waals surface area contributed by atoms with E-state index in [1.165, 1.54) is 0 Å². The number of ether oxygens (including phenoxy) is 2. The molecule has 6 heteroatoms. The third-order valence-corrected chi connectivity index (χ3v) is 4.65. The summed E-state index contributed by atoms with van der Waals surface area (Å²) >= 11 is 2.14. The summed E-state index contributed by atoms with van der Waals surface area (Å²) in [5.41, 5.74) is 3.44. The number of nitrogens with one attached hydrogen (secondary N) is 1. The molecule has 2 aromatic rings. The van der Waals surface area contributed by atoms with Crippen molar-refractivity contribution in [3.63, 3.8) is 0 Å². The summed E-state index contributed by atoms with van der Waals surface area (Å²) in [4.78, 5) is 12.5. The number of rotatable bonds is 6. The van der Waals surface area contributed by atoms with Crippen molar-refractivity contribution in [2.24, 2.45) is 0 Å². The first-order chi connectivity index (χ1) is 12.9. The molecule has 1 N–H and O–H groups in total. The first-order valence-corrected chi connectivity index (χ1v) is 9.48. The smallest absolute Gasteiger partial charge is 0.266 e. The number of anilines is 1. The number of nitrogens with zero attached hydrogens (tertiary/aromatic N) is 1. The molecule has 0 aromatic heterocycles. The second-order valence-corrected chi connectivity index (χ2v) is 7.07. The molecule has 140 valence electrons. The molecule has 0 aliphatic carbocycles. The van der Waals surface area contributed by atoms with Crippen molar-refractivity contribution in [3.8, 4) is 17.6 Å². The van der Waals surface area contributed by atoms with Gasteiger partial charge in [-0.25, -0.2) is 0 Å². The lowest BCUT2D eigenvalue weighted by molar-refractivity contribution is -0.112. The van der Waals surface area contributed by atoms with Crippen molar-refractivity contribution in [3.05, 3.63) is 56.2 Å². The average molecular weight is 476 g/mol. The van der Waals surface area contributed by atoms with Crippen molar-refractivity contribution in [1.29, 1.82) is 5.26 Å². The van der Waals surface area contributed by atoms with E-state index >= 15 is 0 Å². The van der Waals surface area contributed by atoms with Crippen LogP contribution in [-0.2, 0) is 4.79 Å². The maximum absolute atomic E-state index is 12.5. The van der Waals surface area contributed by atoms with Gasteiger partial charge in [0.1, 0.15) is 11.6 Å². The predicted octanol–water partition coefficient (Wildman–Crippen LogP) is 4.86. The number of methoxy groups -OCH3 is 1. The summed E-state index contributed by atoms with van der Waals surface area (Å²) in [6.07, 6.45) is 1.54. The number of nitriles is 1. The third kappa shape index (κ3) is 5.23. The fourth-order valence-corrected chi connectivity index (χ4v) is 3.35. The van der Waals surface area contributed by atoms with Crippen LogP contribution < -0.4 is 14.8 Å². The van der Waals surface area contributed by atoms with Crippen LogP contribution in [0, 0.1) is 28.7 Å². The van der Waals surface area contributed by atoms with E-state index in [1.54, 1.807) is 19.3 Å². The van der Waals surface area contributed by atoms with Crippen LogP contribution in [0.15, 0.2) is 35.9 Å². The largest absolute Gasteiger partial charge is 0.493 e. The van der Waals surface area contributed by atoms with Crippen molar-refractivity contribution < 1.29 is 14.3 Å². The van der Waals surface area contributed by atoms with E-state index in [1.807, 2.05) is 51.1 Å². The standard InChI is InChI=1S/C21H21IN2O3/c1-5-27-20-17(22)10-15(11-19(20)26-4)9-16(12-23)21(25)24-18-7-6-13(2)8-14(18)3/h6-11H,5H2,1-4H3,(H,24,25)/b16-9-. The summed E-state index contributed by atoms with van der Waals surface area (Å²) in [6, 6.07) is 11.3. The van der Waals surface area contributed by atoms with Crippen LogP contribution in [0.3, 0.4) is 0 Å². The van der Waals surface area contributed by atoms with E-state index in [0.29, 0.717) is 29.4 Å². The number of amides is 1. The molecule has 0 spiro atoms. The van der Waals surface area contributed by atoms with Gasteiger partial charge in [-0.1, -0.05) is 17.7 Å². The Morgan fingerprint density at radius 1 is 1.30 bits per heavy atom. The van der Waals surface area contributed by atoms with Gasteiger partial charge in [0.05, 0.1) is 17.3 Å². The molecular weight excluding hydrogens is 455 g/mol. The van der Waals surface area contributed by atoms with Gasteiger partial charge in [-0.3, -0.25) is 4.79 Å². The zero-order chi connectivity index (χ0) is 20.0. The lowest BCUT2D eigenvalue weighted by atomic mass is 10.1. The van der Waals surface area contributed by atoms with Crippen molar-refractivity contribution >= 4 is 40.3 Å². The second-order valence-electron chi connectivity index (χ2n) is 5.91. The minimum absolute atomic E-state index is 0.0111. The highest BCUT2D eigenvalue weighted by Gasteiger charge is 2.14. The molecule has 0 aliphatic rings. The lowest BCUT2D eigenvalue weighted by Gasteiger charge is -2.12. The summed E-state index contributed by atoms with van der Waals surface area (Å²) < 4.78 is 11.8. The fraction of sp³-hybridized carbons (Fsp3) is 0.238. The van der Waals surface area contributed by atoms with Gasteiger partial charge in [-0.2, -0.15) is 5.26 Å². The van der Waals surface area contributed by atoms with Gasteiger partial charge in [0.25, 0.3) is 5.91 Å². The van der Waals surface area contributed by atoms with Crippen LogP contribution in [0.5, 0.6) is 11.5 Å². The molecule has 2 rings (SSSR count). The highest BCUT2D eigenvalue weighted by molar-refractivity contribution is 14.1. The van der Waals surface area contributed by atoms with Gasteiger partial charge >= 0.3 is 0 Å². The SMILES string of the molecule is CCOc1c(I)cc(/C=C(/C#N)C(=O)Nc2ccc(C)cc2C)cc1OC. The van der Waals surface area contributed by atoms with E-state index in [0.717, 1.165) is 14.7 Å². The molecule has 0 unspecified atom stereocenters. The molecule has 0 bridgehead atoms. The zero-order valence-electron chi connectivity index (χ0n) is 15.7. The summed E-state index contributed by atoms with van der Waals surface area (Å²) in [5, 5.41) is 12.2. The van der Waals surface area contributed by atoms with Gasteiger partial charge < -0.3 is 14.8 Å². The molecule has 5 nitrogen and oxygen atoms in total. The molecule has 1 amide bonds. The summed E-state index contributed by atoms with van der Waals surface area (Å²) in [5.74, 6) is 0.755. The van der Waals surface area contributed by atoms with Crippen molar-refractivity contribution in [2.75, 3.05) is 19.0 Å². The monoisotopic (exact) mass is 476 g/mol. The Balaban J connectivity index is 2.33. The average Bonchev–Trinajstić information content (AvgIpc) is 2.63. The molecule has 0 heterocycles. The first-order valence-electron chi connectivity index (χ1n) is 8.40. The molecule has 0 radical (unpaired) electrons. The van der Waals surface area contributed by atoms with E-state index < -0.39 is 5.91 Å². The molecule has 0 saturated heterocycles. The second kappa shape index (κ2) is 9.42. The maximum Gasteiger partial charge on any atom is 0.266 e. The highest BCUT2D eigenvalue weighted by Crippen LogP contribution is 2.34. The van der Waals surface area contributed by atoms with Gasteiger partial charge in [0.15, 0.2) is 11.5 Å².